The van der Waals surface area contributed by atoms with E-state index in [1.807, 2.05) is 0 Å². The van der Waals surface area contributed by atoms with Gasteiger partial charge in [0.2, 0.25) is 0 Å². The van der Waals surface area contributed by atoms with Crippen LogP contribution < -0.4 is 5.32 Å². The van der Waals surface area contributed by atoms with E-state index in [0.717, 1.165) is 32.5 Å². The Labute approximate surface area is 92.1 Å². The molecule has 0 saturated carbocycles. The molecule has 1 heterocycles. The fourth-order valence-corrected chi connectivity index (χ4v) is 1.49. The summed E-state index contributed by atoms with van der Waals surface area (Å²) >= 11 is 0. The van der Waals surface area contributed by atoms with Crippen LogP contribution in [0, 0.1) is 0 Å². The van der Waals surface area contributed by atoms with Gasteiger partial charge in [-0.05, 0) is 19.3 Å². The quantitative estimate of drug-likeness (QED) is 0.648. The Bertz CT molecular complexity index is 183. The summed E-state index contributed by atoms with van der Waals surface area (Å²) in [5.74, 6) is 1.18. The first-order valence-corrected chi connectivity index (χ1v) is 5.77. The molecule has 1 aliphatic heterocycles. The predicted octanol–water partition coefficient (Wildman–Crippen LogP) is 1.21. The average molecular weight is 214 g/mol. The Kier molecular flexibility index (Phi) is 7.21. The smallest absolute Gasteiger partial charge is 0.0963 e. The Morgan fingerprint density at radius 2 is 2.20 bits per heavy atom. The van der Waals surface area contributed by atoms with Crippen molar-refractivity contribution in [2.45, 2.75) is 25.7 Å². The molecule has 0 atom stereocenters. The van der Waals surface area contributed by atoms with Crippen LogP contribution in [0.2, 0.25) is 0 Å². The summed E-state index contributed by atoms with van der Waals surface area (Å²) in [5.41, 5.74) is 0. The number of hydrogen-bond acceptors (Lipinski definition) is 4. The normalized spacial score (nSPS) is 16.2. The topological polar surface area (TPSA) is 42.9 Å². The van der Waals surface area contributed by atoms with Crippen LogP contribution in [0.4, 0.5) is 0 Å². The molecule has 0 fully saturated rings. The Balaban J connectivity index is 1.86. The molecule has 1 N–H and O–H groups in total. The van der Waals surface area contributed by atoms with Crippen molar-refractivity contribution in [3.05, 3.63) is 0 Å². The third-order valence-electron chi connectivity index (χ3n) is 2.35. The first-order chi connectivity index (χ1) is 7.43. The average Bonchev–Trinajstić information content (AvgIpc) is 2.29. The number of nitrogens with zero attached hydrogens (tertiary/aromatic N) is 1. The number of ether oxygens (including phenoxy) is 2. The van der Waals surface area contributed by atoms with Crippen LogP contribution in [0.3, 0.4) is 0 Å². The molecule has 0 saturated heterocycles. The zero-order valence-electron chi connectivity index (χ0n) is 9.63. The van der Waals surface area contributed by atoms with Crippen LogP contribution in [-0.2, 0) is 9.47 Å². The fraction of sp³-hybridized carbons (Fsp3) is 0.909. The van der Waals surface area contributed by atoms with Crippen LogP contribution in [0.1, 0.15) is 25.7 Å². The van der Waals surface area contributed by atoms with Gasteiger partial charge in [0, 0.05) is 33.2 Å². The highest BCUT2D eigenvalue weighted by atomic mass is 16.5. The van der Waals surface area contributed by atoms with E-state index in [1.54, 1.807) is 7.11 Å². The van der Waals surface area contributed by atoms with Crippen molar-refractivity contribution in [1.29, 1.82) is 0 Å². The van der Waals surface area contributed by atoms with E-state index in [-0.39, 0.29) is 0 Å². The minimum absolute atomic E-state index is 0.681. The summed E-state index contributed by atoms with van der Waals surface area (Å²) < 4.78 is 10.2. The van der Waals surface area contributed by atoms with Crippen molar-refractivity contribution in [3.8, 4) is 0 Å². The number of hydrogen-bond donors (Lipinski definition) is 1. The summed E-state index contributed by atoms with van der Waals surface area (Å²) in [6.45, 7) is 4.12. The highest BCUT2D eigenvalue weighted by Crippen LogP contribution is 2.03. The second kappa shape index (κ2) is 8.68. The van der Waals surface area contributed by atoms with Gasteiger partial charge in [-0.2, -0.15) is 0 Å². The zero-order chi connectivity index (χ0) is 10.8. The standard InChI is InChI=1S/C11H22N2O2/c1-14-9-10-15-8-4-7-13-11-5-2-3-6-12-11/h2-10H2,1H3,(H,12,13). The molecule has 4 nitrogen and oxygen atoms in total. The molecule has 0 amide bonds. The van der Waals surface area contributed by atoms with Crippen LogP contribution >= 0.6 is 0 Å². The maximum Gasteiger partial charge on any atom is 0.0963 e. The molecule has 1 rings (SSSR count). The Morgan fingerprint density at radius 3 is 2.93 bits per heavy atom. The summed E-state index contributed by atoms with van der Waals surface area (Å²) in [6.07, 6.45) is 4.66. The van der Waals surface area contributed by atoms with Gasteiger partial charge in [-0.3, -0.25) is 4.99 Å². The molecule has 0 aromatic rings. The number of aliphatic imine (C=N–C) groups is 1. The van der Waals surface area contributed by atoms with Crippen LogP contribution in [-0.4, -0.2) is 45.9 Å². The van der Waals surface area contributed by atoms with Crippen LogP contribution in [0.15, 0.2) is 4.99 Å². The lowest BCUT2D eigenvalue weighted by Crippen LogP contribution is -2.27. The Hall–Kier alpha value is -0.610. The van der Waals surface area contributed by atoms with Crippen LogP contribution in [0.5, 0.6) is 0 Å². The van der Waals surface area contributed by atoms with Gasteiger partial charge < -0.3 is 14.8 Å². The lowest BCUT2D eigenvalue weighted by Gasteiger charge is -2.13. The maximum absolute atomic E-state index is 5.36. The van der Waals surface area contributed by atoms with Gasteiger partial charge in [-0.1, -0.05) is 0 Å². The molecule has 0 bridgehead atoms. The lowest BCUT2D eigenvalue weighted by molar-refractivity contribution is 0.0698. The molecule has 0 radical (unpaired) electrons. The van der Waals surface area contributed by atoms with Gasteiger partial charge in [-0.25, -0.2) is 0 Å². The van der Waals surface area contributed by atoms with Gasteiger partial charge >= 0.3 is 0 Å². The van der Waals surface area contributed by atoms with Crippen molar-refractivity contribution in [2.75, 3.05) is 40.0 Å². The van der Waals surface area contributed by atoms with E-state index in [4.69, 9.17) is 9.47 Å². The maximum atomic E-state index is 5.36. The number of nitrogens with one attached hydrogen (secondary N) is 1. The van der Waals surface area contributed by atoms with Crippen molar-refractivity contribution >= 4 is 5.84 Å². The fourth-order valence-electron chi connectivity index (χ4n) is 1.49. The first-order valence-electron chi connectivity index (χ1n) is 5.77. The number of amidine groups is 1. The van der Waals surface area contributed by atoms with E-state index >= 15 is 0 Å². The molecule has 1 aliphatic rings. The third kappa shape index (κ3) is 6.47. The monoisotopic (exact) mass is 214 g/mol. The highest BCUT2D eigenvalue weighted by molar-refractivity contribution is 5.82. The zero-order valence-corrected chi connectivity index (χ0v) is 9.63. The SMILES string of the molecule is COCCOCCCNC1=NCCCC1. The second-order valence-corrected chi connectivity index (χ2v) is 3.67. The highest BCUT2D eigenvalue weighted by Gasteiger charge is 2.03. The number of rotatable bonds is 7. The van der Waals surface area contributed by atoms with E-state index < -0.39 is 0 Å². The Morgan fingerprint density at radius 1 is 1.27 bits per heavy atom. The van der Waals surface area contributed by atoms with Gasteiger partial charge in [0.15, 0.2) is 0 Å². The van der Waals surface area contributed by atoms with Gasteiger partial charge in [0.1, 0.15) is 0 Å². The molecule has 4 heteroatoms. The molecule has 88 valence electrons. The number of methoxy groups -OCH3 is 1. The van der Waals surface area contributed by atoms with E-state index in [9.17, 15) is 0 Å². The molecule has 0 spiro atoms. The minimum Gasteiger partial charge on any atom is -0.382 e. The van der Waals surface area contributed by atoms with E-state index in [1.165, 1.54) is 18.7 Å². The molecular formula is C11H22N2O2. The molecule has 0 aromatic carbocycles. The van der Waals surface area contributed by atoms with E-state index in [2.05, 4.69) is 10.3 Å². The van der Waals surface area contributed by atoms with E-state index in [0.29, 0.717) is 13.2 Å². The largest absolute Gasteiger partial charge is 0.382 e. The van der Waals surface area contributed by atoms with Crippen molar-refractivity contribution in [3.63, 3.8) is 0 Å². The third-order valence-corrected chi connectivity index (χ3v) is 2.35. The second-order valence-electron chi connectivity index (χ2n) is 3.67. The molecule has 0 aliphatic carbocycles. The molecule has 0 aromatic heterocycles. The predicted molar refractivity (Wildman–Crippen MR) is 61.5 cm³/mol. The van der Waals surface area contributed by atoms with Crippen LogP contribution in [0.25, 0.3) is 0 Å². The minimum atomic E-state index is 0.681. The van der Waals surface area contributed by atoms with Gasteiger partial charge in [-0.15, -0.1) is 0 Å². The first kappa shape index (κ1) is 12.5. The van der Waals surface area contributed by atoms with Crippen molar-refractivity contribution in [1.82, 2.24) is 5.32 Å². The van der Waals surface area contributed by atoms with Crippen molar-refractivity contribution in [2.24, 2.45) is 4.99 Å². The van der Waals surface area contributed by atoms with Gasteiger partial charge in [0.25, 0.3) is 0 Å². The molecule has 0 unspecified atom stereocenters. The molecular weight excluding hydrogens is 192 g/mol. The lowest BCUT2D eigenvalue weighted by atomic mass is 10.2. The summed E-state index contributed by atoms with van der Waals surface area (Å²) in [5, 5.41) is 3.35. The van der Waals surface area contributed by atoms with Crippen molar-refractivity contribution < 1.29 is 9.47 Å². The summed E-state index contributed by atoms with van der Waals surface area (Å²) in [7, 11) is 1.69. The summed E-state index contributed by atoms with van der Waals surface area (Å²) in [4.78, 5) is 4.42. The molecule has 15 heavy (non-hydrogen) atoms. The summed E-state index contributed by atoms with van der Waals surface area (Å²) in [6, 6.07) is 0. The van der Waals surface area contributed by atoms with Gasteiger partial charge in [0.05, 0.1) is 19.0 Å².